The van der Waals surface area contributed by atoms with Gasteiger partial charge in [0.1, 0.15) is 5.82 Å². The van der Waals surface area contributed by atoms with E-state index in [-0.39, 0.29) is 17.6 Å². The molecule has 21 heavy (non-hydrogen) atoms. The van der Waals surface area contributed by atoms with E-state index in [1.807, 2.05) is 0 Å². The monoisotopic (exact) mass is 294 g/mol. The molecule has 1 rings (SSSR count). The fourth-order valence-electron chi connectivity index (χ4n) is 1.97. The van der Waals surface area contributed by atoms with Gasteiger partial charge in [-0.15, -0.1) is 0 Å². The molecule has 0 aliphatic carbocycles. The minimum absolute atomic E-state index is 0.00846. The average molecular weight is 294 g/mol. The summed E-state index contributed by atoms with van der Waals surface area (Å²) in [5.41, 5.74) is 0.653. The van der Waals surface area contributed by atoms with E-state index in [2.05, 4.69) is 10.6 Å². The lowest BCUT2D eigenvalue weighted by Crippen LogP contribution is -2.26. The van der Waals surface area contributed by atoms with Crippen LogP contribution in [0.5, 0.6) is 0 Å². The van der Waals surface area contributed by atoms with E-state index in [1.54, 1.807) is 18.2 Å². The minimum Gasteiger partial charge on any atom is -0.356 e. The SMILES string of the molecule is CC(=O)NCCCCNC(=O)CCCc1ccccc1F. The number of unbranched alkanes of at least 4 members (excludes halogenated alkanes) is 1. The van der Waals surface area contributed by atoms with Crippen molar-refractivity contribution in [2.75, 3.05) is 13.1 Å². The van der Waals surface area contributed by atoms with Crippen LogP contribution < -0.4 is 10.6 Å². The van der Waals surface area contributed by atoms with Gasteiger partial charge in [0.25, 0.3) is 0 Å². The Morgan fingerprint density at radius 1 is 1.05 bits per heavy atom. The highest BCUT2D eigenvalue weighted by molar-refractivity contribution is 5.75. The first kappa shape index (κ1) is 17.1. The quantitative estimate of drug-likeness (QED) is 0.686. The van der Waals surface area contributed by atoms with Crippen molar-refractivity contribution in [1.29, 1.82) is 0 Å². The van der Waals surface area contributed by atoms with Crippen LogP contribution in [0.4, 0.5) is 4.39 Å². The van der Waals surface area contributed by atoms with E-state index in [0.717, 1.165) is 12.8 Å². The van der Waals surface area contributed by atoms with Crippen LogP contribution in [0, 0.1) is 5.82 Å². The lowest BCUT2D eigenvalue weighted by Gasteiger charge is -2.06. The van der Waals surface area contributed by atoms with Crippen molar-refractivity contribution in [1.82, 2.24) is 10.6 Å². The van der Waals surface area contributed by atoms with Crippen LogP contribution in [0.25, 0.3) is 0 Å². The normalized spacial score (nSPS) is 10.2. The Morgan fingerprint density at radius 2 is 1.71 bits per heavy atom. The second-order valence-corrected chi connectivity index (χ2v) is 4.98. The van der Waals surface area contributed by atoms with Crippen molar-refractivity contribution in [3.63, 3.8) is 0 Å². The summed E-state index contributed by atoms with van der Waals surface area (Å²) in [4.78, 5) is 22.2. The Bertz CT molecular complexity index is 463. The molecule has 0 bridgehead atoms. The zero-order valence-electron chi connectivity index (χ0n) is 12.5. The highest BCUT2D eigenvalue weighted by atomic mass is 19.1. The Labute approximate surface area is 125 Å². The maximum absolute atomic E-state index is 13.4. The van der Waals surface area contributed by atoms with Gasteiger partial charge < -0.3 is 10.6 Å². The van der Waals surface area contributed by atoms with Crippen LogP contribution in [0.3, 0.4) is 0 Å². The van der Waals surface area contributed by atoms with Crippen LogP contribution in [0.1, 0.15) is 38.2 Å². The third-order valence-corrected chi connectivity index (χ3v) is 3.11. The van der Waals surface area contributed by atoms with Gasteiger partial charge in [0.15, 0.2) is 0 Å². The van der Waals surface area contributed by atoms with Gasteiger partial charge in [-0.3, -0.25) is 9.59 Å². The molecule has 0 spiro atoms. The number of amides is 2. The maximum atomic E-state index is 13.4. The van der Waals surface area contributed by atoms with E-state index >= 15 is 0 Å². The molecule has 0 radical (unpaired) electrons. The van der Waals surface area contributed by atoms with Gasteiger partial charge in [-0.1, -0.05) is 18.2 Å². The molecule has 0 saturated heterocycles. The van der Waals surface area contributed by atoms with Crippen LogP contribution in [-0.2, 0) is 16.0 Å². The molecule has 0 heterocycles. The van der Waals surface area contributed by atoms with Crippen LogP contribution in [0.15, 0.2) is 24.3 Å². The maximum Gasteiger partial charge on any atom is 0.220 e. The third-order valence-electron chi connectivity index (χ3n) is 3.11. The first-order valence-electron chi connectivity index (χ1n) is 7.34. The molecule has 2 N–H and O–H groups in total. The van der Waals surface area contributed by atoms with Gasteiger partial charge >= 0.3 is 0 Å². The second-order valence-electron chi connectivity index (χ2n) is 4.98. The highest BCUT2D eigenvalue weighted by Gasteiger charge is 2.04. The summed E-state index contributed by atoms with van der Waals surface area (Å²) in [6.45, 7) is 2.73. The Hall–Kier alpha value is -1.91. The molecule has 0 unspecified atom stereocenters. The van der Waals surface area contributed by atoms with Crippen molar-refractivity contribution in [2.24, 2.45) is 0 Å². The molecule has 0 atom stereocenters. The number of hydrogen-bond donors (Lipinski definition) is 2. The summed E-state index contributed by atoms with van der Waals surface area (Å²) < 4.78 is 13.4. The van der Waals surface area contributed by atoms with Crippen molar-refractivity contribution >= 4 is 11.8 Å². The molecule has 0 fully saturated rings. The van der Waals surface area contributed by atoms with Crippen LogP contribution in [0.2, 0.25) is 0 Å². The number of benzene rings is 1. The molecule has 116 valence electrons. The minimum atomic E-state index is -0.212. The largest absolute Gasteiger partial charge is 0.356 e. The van der Waals surface area contributed by atoms with Gasteiger partial charge in [-0.2, -0.15) is 0 Å². The fraction of sp³-hybridized carbons (Fsp3) is 0.500. The number of aryl methyl sites for hydroxylation is 1. The van der Waals surface area contributed by atoms with Crippen molar-refractivity contribution in [2.45, 2.75) is 39.0 Å². The predicted molar refractivity (Wildman–Crippen MR) is 80.3 cm³/mol. The van der Waals surface area contributed by atoms with E-state index in [0.29, 0.717) is 37.9 Å². The molecule has 0 aliphatic heterocycles. The number of hydrogen-bond acceptors (Lipinski definition) is 2. The topological polar surface area (TPSA) is 58.2 Å². The number of nitrogens with one attached hydrogen (secondary N) is 2. The highest BCUT2D eigenvalue weighted by Crippen LogP contribution is 2.09. The molecule has 0 aromatic heterocycles. The summed E-state index contributed by atoms with van der Waals surface area (Å²) in [6.07, 6.45) is 3.29. The molecule has 0 aliphatic rings. The molecule has 1 aromatic carbocycles. The molecule has 2 amide bonds. The zero-order valence-corrected chi connectivity index (χ0v) is 12.5. The lowest BCUT2D eigenvalue weighted by atomic mass is 10.1. The predicted octanol–water partition coefficient (Wildman–Crippen LogP) is 2.18. The van der Waals surface area contributed by atoms with Crippen molar-refractivity contribution in [3.05, 3.63) is 35.6 Å². The molecule has 1 aromatic rings. The van der Waals surface area contributed by atoms with E-state index in [9.17, 15) is 14.0 Å². The van der Waals surface area contributed by atoms with Gasteiger partial charge in [-0.25, -0.2) is 4.39 Å². The summed E-state index contributed by atoms with van der Waals surface area (Å²) in [6, 6.07) is 6.64. The van der Waals surface area contributed by atoms with E-state index < -0.39 is 0 Å². The van der Waals surface area contributed by atoms with Gasteiger partial charge in [0.2, 0.25) is 11.8 Å². The number of halogens is 1. The Morgan fingerprint density at radius 3 is 2.38 bits per heavy atom. The van der Waals surface area contributed by atoms with Crippen LogP contribution >= 0.6 is 0 Å². The van der Waals surface area contributed by atoms with Crippen molar-refractivity contribution in [3.8, 4) is 0 Å². The smallest absolute Gasteiger partial charge is 0.220 e. The van der Waals surface area contributed by atoms with Crippen molar-refractivity contribution < 1.29 is 14.0 Å². The Balaban J connectivity index is 2.04. The molecular formula is C16H23FN2O2. The number of rotatable bonds is 9. The van der Waals surface area contributed by atoms with Gasteiger partial charge in [0, 0.05) is 26.4 Å². The average Bonchev–Trinajstić information content (AvgIpc) is 2.44. The van der Waals surface area contributed by atoms with Gasteiger partial charge in [0.05, 0.1) is 0 Å². The first-order chi connectivity index (χ1) is 10.1. The zero-order chi connectivity index (χ0) is 15.5. The summed E-state index contributed by atoms with van der Waals surface area (Å²) in [5.74, 6) is -0.256. The molecule has 5 heteroatoms. The lowest BCUT2D eigenvalue weighted by molar-refractivity contribution is -0.121. The Kier molecular flexibility index (Phi) is 8.09. The molecular weight excluding hydrogens is 271 g/mol. The third kappa shape index (κ3) is 8.07. The summed E-state index contributed by atoms with van der Waals surface area (Å²) in [7, 11) is 0. The second kappa shape index (κ2) is 9.91. The first-order valence-corrected chi connectivity index (χ1v) is 7.34. The van der Waals surface area contributed by atoms with E-state index in [1.165, 1.54) is 13.0 Å². The van der Waals surface area contributed by atoms with Gasteiger partial charge in [-0.05, 0) is 37.3 Å². The summed E-state index contributed by atoms with van der Waals surface area (Å²) >= 11 is 0. The number of carbonyl (C=O) groups excluding carboxylic acids is 2. The van der Waals surface area contributed by atoms with Crippen LogP contribution in [-0.4, -0.2) is 24.9 Å². The number of carbonyl (C=O) groups is 2. The fourth-order valence-corrected chi connectivity index (χ4v) is 1.97. The van der Waals surface area contributed by atoms with E-state index in [4.69, 9.17) is 0 Å². The summed E-state index contributed by atoms with van der Waals surface area (Å²) in [5, 5.41) is 5.53. The molecule has 4 nitrogen and oxygen atoms in total. The standard InChI is InChI=1S/C16H23FN2O2/c1-13(20)18-11-4-5-12-19-16(21)10-6-8-14-7-2-3-9-15(14)17/h2-3,7,9H,4-6,8,10-12H2,1H3,(H,18,20)(H,19,21). The molecule has 0 saturated carbocycles.